The van der Waals surface area contributed by atoms with Crippen molar-refractivity contribution in [3.8, 4) is 16.3 Å². The van der Waals surface area contributed by atoms with Crippen LogP contribution in [0.3, 0.4) is 0 Å². The molecule has 0 saturated heterocycles. The number of aromatic nitrogens is 1. The summed E-state index contributed by atoms with van der Waals surface area (Å²) in [5, 5.41) is 13.4. The van der Waals surface area contributed by atoms with Gasteiger partial charge in [0.25, 0.3) is 5.91 Å². The third-order valence-electron chi connectivity index (χ3n) is 4.08. The van der Waals surface area contributed by atoms with Crippen molar-refractivity contribution in [2.75, 3.05) is 5.32 Å². The van der Waals surface area contributed by atoms with Crippen LogP contribution in [0.15, 0.2) is 66.7 Å². The van der Waals surface area contributed by atoms with Gasteiger partial charge in [-0.2, -0.15) is 0 Å². The highest BCUT2D eigenvalue weighted by Crippen LogP contribution is 2.32. The van der Waals surface area contributed by atoms with E-state index < -0.39 is 0 Å². The van der Waals surface area contributed by atoms with Gasteiger partial charge in [-0.05, 0) is 61.5 Å². The first kappa shape index (κ1) is 16.3. The van der Waals surface area contributed by atoms with Crippen LogP contribution in [-0.4, -0.2) is 16.0 Å². The molecule has 2 N–H and O–H groups in total. The molecule has 0 radical (unpaired) electrons. The number of nitrogens with one attached hydrogen (secondary N) is 1. The fourth-order valence-electron chi connectivity index (χ4n) is 2.64. The van der Waals surface area contributed by atoms with Gasteiger partial charge >= 0.3 is 0 Å². The highest BCUT2D eigenvalue weighted by molar-refractivity contribution is 7.21. The Bertz CT molecular complexity index is 1080. The Hall–Kier alpha value is -3.18. The molecule has 0 bridgehead atoms. The SMILES string of the molecule is Cc1ccc(C(=O)Nc2ccc(-c3nc4ccc(O)cc4s3)cc2)cc1. The third-order valence-corrected chi connectivity index (χ3v) is 5.14. The number of anilines is 1. The molecule has 5 heteroatoms. The molecule has 0 atom stereocenters. The lowest BCUT2D eigenvalue weighted by Gasteiger charge is -2.06. The van der Waals surface area contributed by atoms with Crippen molar-refractivity contribution in [2.45, 2.75) is 6.92 Å². The number of rotatable bonds is 3. The summed E-state index contributed by atoms with van der Waals surface area (Å²) in [6, 6.07) is 20.2. The van der Waals surface area contributed by atoms with E-state index in [1.54, 1.807) is 18.2 Å². The molecule has 0 aliphatic carbocycles. The van der Waals surface area contributed by atoms with Crippen molar-refractivity contribution in [1.82, 2.24) is 4.98 Å². The number of phenolic OH excluding ortho intramolecular Hbond substituents is 1. The molecular formula is C21H16N2O2S. The molecule has 1 amide bonds. The molecule has 0 aliphatic rings. The second kappa shape index (κ2) is 6.61. The summed E-state index contributed by atoms with van der Waals surface area (Å²) in [7, 11) is 0. The van der Waals surface area contributed by atoms with Crippen molar-refractivity contribution in [1.29, 1.82) is 0 Å². The lowest BCUT2D eigenvalue weighted by Crippen LogP contribution is -2.11. The molecule has 3 aromatic carbocycles. The standard InChI is InChI=1S/C21H16N2O2S/c1-13-2-4-14(5-3-13)20(25)22-16-8-6-15(7-9-16)21-23-18-11-10-17(24)12-19(18)26-21/h2-12,24H,1H3,(H,22,25). The van der Waals surface area contributed by atoms with Gasteiger partial charge in [0.05, 0.1) is 10.2 Å². The van der Waals surface area contributed by atoms with Crippen molar-refractivity contribution >= 4 is 33.1 Å². The van der Waals surface area contributed by atoms with Gasteiger partial charge in [0.1, 0.15) is 10.8 Å². The maximum Gasteiger partial charge on any atom is 0.255 e. The fourth-order valence-corrected chi connectivity index (χ4v) is 3.65. The Balaban J connectivity index is 1.54. The fraction of sp³-hybridized carbons (Fsp3) is 0.0476. The minimum Gasteiger partial charge on any atom is -0.508 e. The molecule has 0 fully saturated rings. The number of aromatic hydroxyl groups is 1. The number of carbonyl (C=O) groups excluding carboxylic acids is 1. The number of amides is 1. The molecule has 0 spiro atoms. The Kier molecular flexibility index (Phi) is 4.14. The number of phenols is 1. The number of thiazole rings is 1. The van der Waals surface area contributed by atoms with Crippen LogP contribution in [0.2, 0.25) is 0 Å². The first-order chi connectivity index (χ1) is 12.6. The molecule has 1 heterocycles. The summed E-state index contributed by atoms with van der Waals surface area (Å²) >= 11 is 1.52. The number of carbonyl (C=O) groups is 1. The number of benzene rings is 3. The summed E-state index contributed by atoms with van der Waals surface area (Å²) < 4.78 is 0.941. The summed E-state index contributed by atoms with van der Waals surface area (Å²) in [4.78, 5) is 16.9. The van der Waals surface area contributed by atoms with Crippen LogP contribution in [0.4, 0.5) is 5.69 Å². The van der Waals surface area contributed by atoms with E-state index >= 15 is 0 Å². The Labute approximate surface area is 154 Å². The van der Waals surface area contributed by atoms with Crippen LogP contribution in [0.25, 0.3) is 20.8 Å². The van der Waals surface area contributed by atoms with E-state index in [1.165, 1.54) is 11.3 Å². The van der Waals surface area contributed by atoms with Gasteiger partial charge in [-0.1, -0.05) is 17.7 Å². The minimum absolute atomic E-state index is 0.131. The third kappa shape index (κ3) is 3.30. The molecule has 4 aromatic rings. The first-order valence-corrected chi connectivity index (χ1v) is 8.98. The zero-order valence-corrected chi connectivity index (χ0v) is 14.9. The number of hydrogen-bond acceptors (Lipinski definition) is 4. The summed E-state index contributed by atoms with van der Waals surface area (Å²) in [6.07, 6.45) is 0. The minimum atomic E-state index is -0.131. The smallest absolute Gasteiger partial charge is 0.255 e. The van der Waals surface area contributed by atoms with Gasteiger partial charge in [0, 0.05) is 16.8 Å². The van der Waals surface area contributed by atoms with Crippen LogP contribution in [-0.2, 0) is 0 Å². The largest absolute Gasteiger partial charge is 0.508 e. The van der Waals surface area contributed by atoms with Crippen molar-refractivity contribution in [3.63, 3.8) is 0 Å². The summed E-state index contributed by atoms with van der Waals surface area (Å²) in [5.74, 6) is 0.107. The Morgan fingerprint density at radius 3 is 2.46 bits per heavy atom. The number of nitrogens with zero attached hydrogens (tertiary/aromatic N) is 1. The zero-order valence-electron chi connectivity index (χ0n) is 14.1. The van der Waals surface area contributed by atoms with Gasteiger partial charge in [0.15, 0.2) is 0 Å². The number of fused-ring (bicyclic) bond motifs is 1. The lowest BCUT2D eigenvalue weighted by molar-refractivity contribution is 0.102. The average molecular weight is 360 g/mol. The van der Waals surface area contributed by atoms with Gasteiger partial charge < -0.3 is 10.4 Å². The van der Waals surface area contributed by atoms with Crippen LogP contribution in [0.5, 0.6) is 5.75 Å². The molecule has 1 aromatic heterocycles. The van der Waals surface area contributed by atoms with E-state index in [0.717, 1.165) is 32.0 Å². The normalized spacial score (nSPS) is 10.8. The Morgan fingerprint density at radius 1 is 1.00 bits per heavy atom. The van der Waals surface area contributed by atoms with Gasteiger partial charge in [-0.3, -0.25) is 4.79 Å². The monoisotopic (exact) mass is 360 g/mol. The van der Waals surface area contributed by atoms with Crippen molar-refractivity contribution < 1.29 is 9.90 Å². The average Bonchev–Trinajstić information content (AvgIpc) is 3.06. The van der Waals surface area contributed by atoms with E-state index in [9.17, 15) is 9.90 Å². The van der Waals surface area contributed by atoms with Crippen LogP contribution in [0, 0.1) is 6.92 Å². The van der Waals surface area contributed by atoms with Crippen LogP contribution in [0.1, 0.15) is 15.9 Å². The molecule has 0 unspecified atom stereocenters. The first-order valence-electron chi connectivity index (χ1n) is 8.16. The van der Waals surface area contributed by atoms with E-state index in [1.807, 2.05) is 55.5 Å². The zero-order chi connectivity index (χ0) is 18.1. The number of aryl methyl sites for hydroxylation is 1. The van der Waals surface area contributed by atoms with Crippen molar-refractivity contribution in [2.24, 2.45) is 0 Å². The molecule has 0 aliphatic heterocycles. The Morgan fingerprint density at radius 2 is 1.73 bits per heavy atom. The van der Waals surface area contributed by atoms with Gasteiger partial charge in [0.2, 0.25) is 0 Å². The molecule has 4 rings (SSSR count). The van der Waals surface area contributed by atoms with Crippen molar-refractivity contribution in [3.05, 3.63) is 77.9 Å². The topological polar surface area (TPSA) is 62.2 Å². The second-order valence-corrected chi connectivity index (χ2v) is 7.10. The molecular weight excluding hydrogens is 344 g/mol. The maximum absolute atomic E-state index is 12.3. The molecule has 26 heavy (non-hydrogen) atoms. The van der Waals surface area contributed by atoms with Gasteiger partial charge in [-0.15, -0.1) is 11.3 Å². The summed E-state index contributed by atoms with van der Waals surface area (Å²) in [5.41, 5.74) is 4.32. The van der Waals surface area contributed by atoms with E-state index in [0.29, 0.717) is 5.56 Å². The molecule has 4 nitrogen and oxygen atoms in total. The lowest BCUT2D eigenvalue weighted by atomic mass is 10.1. The number of hydrogen-bond donors (Lipinski definition) is 2. The predicted molar refractivity (Wildman–Crippen MR) is 106 cm³/mol. The highest BCUT2D eigenvalue weighted by atomic mass is 32.1. The van der Waals surface area contributed by atoms with E-state index in [-0.39, 0.29) is 11.7 Å². The molecule has 128 valence electrons. The maximum atomic E-state index is 12.3. The highest BCUT2D eigenvalue weighted by Gasteiger charge is 2.09. The predicted octanol–water partition coefficient (Wildman–Crippen LogP) is 5.23. The second-order valence-electron chi connectivity index (χ2n) is 6.07. The van der Waals surface area contributed by atoms with E-state index in [2.05, 4.69) is 10.3 Å². The molecule has 0 saturated carbocycles. The van der Waals surface area contributed by atoms with Crippen LogP contribution >= 0.6 is 11.3 Å². The van der Waals surface area contributed by atoms with Crippen LogP contribution < -0.4 is 5.32 Å². The van der Waals surface area contributed by atoms with Gasteiger partial charge in [-0.25, -0.2) is 4.98 Å². The summed E-state index contributed by atoms with van der Waals surface area (Å²) in [6.45, 7) is 1.99. The van der Waals surface area contributed by atoms with E-state index in [4.69, 9.17) is 0 Å². The quantitative estimate of drug-likeness (QED) is 0.526.